The zero-order valence-corrected chi connectivity index (χ0v) is 14.6. The van der Waals surface area contributed by atoms with Crippen LogP contribution in [0.1, 0.15) is 23.0 Å². The second kappa shape index (κ2) is 8.42. The molecule has 0 saturated carbocycles. The van der Waals surface area contributed by atoms with Crippen LogP contribution in [0, 0.1) is 0 Å². The molecule has 1 aliphatic heterocycles. The number of rotatable bonds is 6. The SMILES string of the molecule is O=C(CCc1cccs1)N1CCN(C[C@@H](O)c2ccccc2)CC1. The van der Waals surface area contributed by atoms with Crippen molar-refractivity contribution in [2.75, 3.05) is 32.7 Å². The third-order valence-corrected chi connectivity index (χ3v) is 5.44. The Morgan fingerprint density at radius 2 is 1.83 bits per heavy atom. The predicted molar refractivity (Wildman–Crippen MR) is 97.1 cm³/mol. The van der Waals surface area contributed by atoms with Crippen LogP contribution in [0.3, 0.4) is 0 Å². The minimum Gasteiger partial charge on any atom is -0.387 e. The Bertz CT molecular complexity index is 622. The predicted octanol–water partition coefficient (Wildman–Crippen LogP) is 2.56. The first-order valence-corrected chi connectivity index (χ1v) is 9.36. The molecule has 5 heteroatoms. The van der Waals surface area contributed by atoms with E-state index in [1.165, 1.54) is 4.88 Å². The molecule has 3 rings (SSSR count). The molecule has 1 amide bonds. The van der Waals surface area contributed by atoms with Gasteiger partial charge in [0.15, 0.2) is 0 Å². The maximum atomic E-state index is 12.3. The van der Waals surface area contributed by atoms with Crippen LogP contribution in [-0.4, -0.2) is 53.5 Å². The molecule has 0 spiro atoms. The van der Waals surface area contributed by atoms with Crippen LogP contribution in [0.15, 0.2) is 47.8 Å². The largest absolute Gasteiger partial charge is 0.387 e. The van der Waals surface area contributed by atoms with Crippen LogP contribution in [0.2, 0.25) is 0 Å². The van der Waals surface area contributed by atoms with Gasteiger partial charge in [0.1, 0.15) is 0 Å². The summed E-state index contributed by atoms with van der Waals surface area (Å²) in [4.78, 5) is 17.8. The standard InChI is InChI=1S/C19H24N2O2S/c22-18(16-5-2-1-3-6-16)15-20-10-12-21(13-11-20)19(23)9-8-17-7-4-14-24-17/h1-7,14,18,22H,8-13,15H2/t18-/m1/s1. The van der Waals surface area contributed by atoms with Gasteiger partial charge in [0, 0.05) is 44.0 Å². The molecule has 1 saturated heterocycles. The molecule has 1 atom stereocenters. The molecule has 4 nitrogen and oxygen atoms in total. The van der Waals surface area contributed by atoms with Crippen LogP contribution >= 0.6 is 11.3 Å². The lowest BCUT2D eigenvalue weighted by Crippen LogP contribution is -2.49. The maximum absolute atomic E-state index is 12.3. The van der Waals surface area contributed by atoms with Gasteiger partial charge in [-0.05, 0) is 23.4 Å². The van der Waals surface area contributed by atoms with Crippen LogP contribution in [0.5, 0.6) is 0 Å². The molecule has 2 aromatic rings. The summed E-state index contributed by atoms with van der Waals surface area (Å²) in [7, 11) is 0. The molecule has 128 valence electrons. The molecular weight excluding hydrogens is 320 g/mol. The molecule has 1 aromatic carbocycles. The van der Waals surface area contributed by atoms with Crippen LogP contribution in [0.25, 0.3) is 0 Å². The highest BCUT2D eigenvalue weighted by Gasteiger charge is 2.22. The van der Waals surface area contributed by atoms with Gasteiger partial charge in [-0.2, -0.15) is 0 Å². The van der Waals surface area contributed by atoms with Crippen molar-refractivity contribution in [3.8, 4) is 0 Å². The Morgan fingerprint density at radius 1 is 1.08 bits per heavy atom. The summed E-state index contributed by atoms with van der Waals surface area (Å²) in [6.07, 6.45) is 0.962. The van der Waals surface area contributed by atoms with E-state index in [4.69, 9.17) is 0 Å². The van der Waals surface area contributed by atoms with Gasteiger partial charge in [-0.1, -0.05) is 36.4 Å². The van der Waals surface area contributed by atoms with Crippen molar-refractivity contribution in [3.63, 3.8) is 0 Å². The molecule has 1 N–H and O–H groups in total. The Labute approximate surface area is 147 Å². The van der Waals surface area contributed by atoms with E-state index >= 15 is 0 Å². The summed E-state index contributed by atoms with van der Waals surface area (Å²) in [6, 6.07) is 13.9. The summed E-state index contributed by atoms with van der Waals surface area (Å²) in [6.45, 7) is 3.79. The van der Waals surface area contributed by atoms with Gasteiger partial charge in [0.2, 0.25) is 5.91 Å². The minimum absolute atomic E-state index is 0.242. The second-order valence-electron chi connectivity index (χ2n) is 6.19. The lowest BCUT2D eigenvalue weighted by atomic mass is 10.1. The second-order valence-corrected chi connectivity index (χ2v) is 7.22. The number of nitrogens with zero attached hydrogens (tertiary/aromatic N) is 2. The zero-order valence-electron chi connectivity index (χ0n) is 13.8. The van der Waals surface area contributed by atoms with E-state index in [0.717, 1.165) is 38.2 Å². The van der Waals surface area contributed by atoms with Gasteiger partial charge in [0.05, 0.1) is 6.10 Å². The molecule has 24 heavy (non-hydrogen) atoms. The first-order valence-electron chi connectivity index (χ1n) is 8.48. The highest BCUT2D eigenvalue weighted by Crippen LogP contribution is 2.16. The van der Waals surface area contributed by atoms with Crippen LogP contribution in [0.4, 0.5) is 0 Å². The molecule has 1 fully saturated rings. The fraction of sp³-hybridized carbons (Fsp3) is 0.421. The van der Waals surface area contributed by atoms with Gasteiger partial charge in [-0.15, -0.1) is 11.3 Å². The Morgan fingerprint density at radius 3 is 2.50 bits per heavy atom. The van der Waals surface area contributed by atoms with Crippen molar-refractivity contribution >= 4 is 17.2 Å². The number of amides is 1. The molecule has 1 aliphatic rings. The number of aliphatic hydroxyl groups is 1. The van der Waals surface area contributed by atoms with Crippen LogP contribution < -0.4 is 0 Å². The molecule has 1 aromatic heterocycles. The summed E-state index contributed by atoms with van der Waals surface area (Å²) < 4.78 is 0. The van der Waals surface area contributed by atoms with E-state index in [1.807, 2.05) is 41.3 Å². The highest BCUT2D eigenvalue weighted by atomic mass is 32.1. The lowest BCUT2D eigenvalue weighted by molar-refractivity contribution is -0.133. The molecule has 0 unspecified atom stereocenters. The first kappa shape index (κ1) is 17.1. The molecule has 0 bridgehead atoms. The van der Waals surface area contributed by atoms with Gasteiger partial charge < -0.3 is 10.0 Å². The first-order chi connectivity index (χ1) is 11.7. The fourth-order valence-corrected chi connectivity index (χ4v) is 3.76. The topological polar surface area (TPSA) is 43.8 Å². The number of carbonyl (C=O) groups excluding carboxylic acids is 1. The van der Waals surface area contributed by atoms with Crippen molar-refractivity contribution in [2.45, 2.75) is 18.9 Å². The summed E-state index contributed by atoms with van der Waals surface area (Å²) in [5, 5.41) is 12.4. The average Bonchev–Trinajstić information content (AvgIpc) is 3.14. The van der Waals surface area contributed by atoms with Crippen molar-refractivity contribution in [1.82, 2.24) is 9.80 Å². The Hall–Kier alpha value is -1.69. The maximum Gasteiger partial charge on any atom is 0.223 e. The zero-order chi connectivity index (χ0) is 16.8. The van der Waals surface area contributed by atoms with Crippen LogP contribution in [-0.2, 0) is 11.2 Å². The van der Waals surface area contributed by atoms with Gasteiger partial charge >= 0.3 is 0 Å². The van der Waals surface area contributed by atoms with E-state index in [2.05, 4.69) is 16.3 Å². The van der Waals surface area contributed by atoms with E-state index in [1.54, 1.807) is 11.3 Å². The number of carbonyl (C=O) groups is 1. The summed E-state index contributed by atoms with van der Waals surface area (Å²) >= 11 is 1.71. The van der Waals surface area contributed by atoms with E-state index in [0.29, 0.717) is 13.0 Å². The van der Waals surface area contributed by atoms with Crippen molar-refractivity contribution in [3.05, 3.63) is 58.3 Å². The lowest BCUT2D eigenvalue weighted by Gasteiger charge is -2.35. The fourth-order valence-electron chi connectivity index (χ4n) is 3.05. The highest BCUT2D eigenvalue weighted by molar-refractivity contribution is 7.09. The monoisotopic (exact) mass is 344 g/mol. The number of β-amino-alcohol motifs (C(OH)–C–C–N with tert-alkyl or cyclic N) is 1. The Balaban J connectivity index is 1.41. The molecular formula is C19H24N2O2S. The van der Waals surface area contributed by atoms with Crippen molar-refractivity contribution in [2.24, 2.45) is 0 Å². The third-order valence-electron chi connectivity index (χ3n) is 4.51. The normalized spacial score (nSPS) is 17.0. The van der Waals surface area contributed by atoms with Gasteiger partial charge in [0.25, 0.3) is 0 Å². The third kappa shape index (κ3) is 4.66. The molecule has 2 heterocycles. The van der Waals surface area contributed by atoms with E-state index < -0.39 is 6.10 Å². The van der Waals surface area contributed by atoms with Crippen molar-refractivity contribution in [1.29, 1.82) is 0 Å². The molecule has 0 aliphatic carbocycles. The van der Waals surface area contributed by atoms with Gasteiger partial charge in [-0.3, -0.25) is 9.69 Å². The van der Waals surface area contributed by atoms with E-state index in [9.17, 15) is 9.90 Å². The number of aliphatic hydroxyl groups excluding tert-OH is 1. The summed E-state index contributed by atoms with van der Waals surface area (Å²) in [5.74, 6) is 0.242. The number of hydrogen-bond donors (Lipinski definition) is 1. The smallest absolute Gasteiger partial charge is 0.223 e. The number of piperazine rings is 1. The van der Waals surface area contributed by atoms with Crippen molar-refractivity contribution < 1.29 is 9.90 Å². The Kier molecular flexibility index (Phi) is 6.01. The van der Waals surface area contributed by atoms with E-state index in [-0.39, 0.29) is 5.91 Å². The number of benzene rings is 1. The minimum atomic E-state index is -0.465. The number of hydrogen-bond acceptors (Lipinski definition) is 4. The summed E-state index contributed by atoms with van der Waals surface area (Å²) in [5.41, 5.74) is 0.951. The van der Waals surface area contributed by atoms with Gasteiger partial charge in [-0.25, -0.2) is 0 Å². The molecule has 0 radical (unpaired) electrons. The number of thiophene rings is 1. The number of aryl methyl sites for hydroxylation is 1. The quantitative estimate of drug-likeness (QED) is 0.876. The average molecular weight is 344 g/mol.